The smallest absolute Gasteiger partial charge is 0.155 e. The third kappa shape index (κ3) is 3.43. The highest BCUT2D eigenvalue weighted by molar-refractivity contribution is 7.10. The standard InChI is InChI=1S/C15H19NOS/c16-11-13(15-8-5-9-18-15)14(17)10-12-6-3-1-2-4-7-12/h5,8-9,12-13H,1-4,6-7,10H2. The molecule has 1 aliphatic rings. The number of rotatable bonds is 4. The average Bonchev–Trinajstić information content (AvgIpc) is 2.76. The van der Waals surface area contributed by atoms with Crippen LogP contribution in [0.4, 0.5) is 0 Å². The predicted molar refractivity (Wildman–Crippen MR) is 73.5 cm³/mol. The van der Waals surface area contributed by atoms with Gasteiger partial charge in [0.25, 0.3) is 0 Å². The van der Waals surface area contributed by atoms with E-state index in [9.17, 15) is 10.1 Å². The van der Waals surface area contributed by atoms with Crippen LogP contribution in [0.3, 0.4) is 0 Å². The highest BCUT2D eigenvalue weighted by atomic mass is 32.1. The van der Waals surface area contributed by atoms with Crippen LogP contribution in [0.5, 0.6) is 0 Å². The van der Waals surface area contributed by atoms with Gasteiger partial charge >= 0.3 is 0 Å². The van der Waals surface area contributed by atoms with Crippen LogP contribution in [-0.4, -0.2) is 5.78 Å². The fourth-order valence-electron chi connectivity index (χ4n) is 2.72. The summed E-state index contributed by atoms with van der Waals surface area (Å²) in [6.45, 7) is 0. The number of hydrogen-bond donors (Lipinski definition) is 0. The second-order valence-electron chi connectivity index (χ2n) is 5.11. The molecule has 1 saturated carbocycles. The Hall–Kier alpha value is -1.14. The van der Waals surface area contributed by atoms with Crippen molar-refractivity contribution in [3.8, 4) is 6.07 Å². The van der Waals surface area contributed by atoms with Crippen molar-refractivity contribution in [1.82, 2.24) is 0 Å². The van der Waals surface area contributed by atoms with E-state index >= 15 is 0 Å². The monoisotopic (exact) mass is 261 g/mol. The van der Waals surface area contributed by atoms with Gasteiger partial charge < -0.3 is 0 Å². The lowest BCUT2D eigenvalue weighted by Crippen LogP contribution is -2.14. The number of hydrogen-bond acceptors (Lipinski definition) is 3. The number of carbonyl (C=O) groups is 1. The summed E-state index contributed by atoms with van der Waals surface area (Å²) in [5.74, 6) is 0.0934. The number of nitriles is 1. The summed E-state index contributed by atoms with van der Waals surface area (Å²) in [5, 5.41) is 11.1. The zero-order chi connectivity index (χ0) is 12.8. The molecule has 0 aliphatic heterocycles. The number of ketones is 1. The Morgan fingerprint density at radius 2 is 2.11 bits per heavy atom. The van der Waals surface area contributed by atoms with Crippen LogP contribution in [-0.2, 0) is 4.79 Å². The van der Waals surface area contributed by atoms with E-state index < -0.39 is 5.92 Å². The van der Waals surface area contributed by atoms with Gasteiger partial charge in [-0.15, -0.1) is 11.3 Å². The van der Waals surface area contributed by atoms with Crippen LogP contribution in [0.1, 0.15) is 55.7 Å². The molecule has 1 atom stereocenters. The molecule has 0 radical (unpaired) electrons. The molecule has 0 saturated heterocycles. The largest absolute Gasteiger partial charge is 0.298 e. The first-order valence-corrected chi connectivity index (χ1v) is 7.65. The lowest BCUT2D eigenvalue weighted by Gasteiger charge is -2.14. The van der Waals surface area contributed by atoms with E-state index in [1.165, 1.54) is 37.0 Å². The summed E-state index contributed by atoms with van der Waals surface area (Å²) in [4.78, 5) is 13.1. The summed E-state index contributed by atoms with van der Waals surface area (Å²) >= 11 is 1.51. The van der Waals surface area contributed by atoms with E-state index in [0.29, 0.717) is 12.3 Å². The van der Waals surface area contributed by atoms with Crippen molar-refractivity contribution in [2.75, 3.05) is 0 Å². The molecule has 2 rings (SSSR count). The maximum absolute atomic E-state index is 12.2. The number of carbonyl (C=O) groups excluding carboxylic acids is 1. The van der Waals surface area contributed by atoms with Crippen molar-refractivity contribution in [1.29, 1.82) is 5.26 Å². The zero-order valence-corrected chi connectivity index (χ0v) is 11.4. The normalized spacial score (nSPS) is 18.8. The lowest BCUT2D eigenvalue weighted by molar-refractivity contribution is -0.120. The Morgan fingerprint density at radius 1 is 1.39 bits per heavy atom. The first kappa shape index (κ1) is 13.3. The predicted octanol–water partition coefficient (Wildman–Crippen LogP) is 4.28. The molecule has 1 aliphatic carbocycles. The summed E-state index contributed by atoms with van der Waals surface area (Å²) in [6.07, 6.45) is 8.01. The van der Waals surface area contributed by atoms with Crippen LogP contribution >= 0.6 is 11.3 Å². The molecule has 18 heavy (non-hydrogen) atoms. The molecule has 1 heterocycles. The average molecular weight is 261 g/mol. The van der Waals surface area contributed by atoms with Gasteiger partial charge in [-0.05, 0) is 17.4 Å². The summed E-state index contributed by atoms with van der Waals surface area (Å²) in [5.41, 5.74) is 0. The Kier molecular flexibility index (Phi) is 4.95. The molecule has 0 amide bonds. The van der Waals surface area contributed by atoms with Gasteiger partial charge in [-0.3, -0.25) is 4.79 Å². The summed E-state index contributed by atoms with van der Waals surface area (Å²) in [6, 6.07) is 5.97. The minimum atomic E-state index is -0.534. The Balaban J connectivity index is 1.95. The van der Waals surface area contributed by atoms with Crippen LogP contribution in [0, 0.1) is 17.2 Å². The second kappa shape index (κ2) is 6.70. The van der Waals surface area contributed by atoms with Crippen LogP contribution in [0.2, 0.25) is 0 Å². The molecule has 1 aromatic heterocycles. The number of nitrogens with zero attached hydrogens (tertiary/aromatic N) is 1. The van der Waals surface area contributed by atoms with Crippen molar-refractivity contribution >= 4 is 17.1 Å². The van der Waals surface area contributed by atoms with E-state index in [-0.39, 0.29) is 5.78 Å². The van der Waals surface area contributed by atoms with Crippen molar-refractivity contribution in [3.63, 3.8) is 0 Å². The van der Waals surface area contributed by atoms with Crippen LogP contribution in [0.25, 0.3) is 0 Å². The first-order chi connectivity index (χ1) is 8.81. The molecule has 2 nitrogen and oxygen atoms in total. The highest BCUT2D eigenvalue weighted by Gasteiger charge is 2.24. The van der Waals surface area contributed by atoms with Crippen molar-refractivity contribution in [2.45, 2.75) is 50.9 Å². The Bertz CT molecular complexity index is 410. The van der Waals surface area contributed by atoms with Crippen LogP contribution in [0.15, 0.2) is 17.5 Å². The summed E-state index contributed by atoms with van der Waals surface area (Å²) in [7, 11) is 0. The molecular weight excluding hydrogens is 242 g/mol. The topological polar surface area (TPSA) is 40.9 Å². The lowest BCUT2D eigenvalue weighted by atomic mass is 9.89. The first-order valence-electron chi connectivity index (χ1n) is 6.77. The maximum atomic E-state index is 12.2. The third-order valence-electron chi connectivity index (χ3n) is 3.74. The van der Waals surface area contributed by atoms with Gasteiger partial charge in [0.1, 0.15) is 5.92 Å². The zero-order valence-electron chi connectivity index (χ0n) is 10.6. The maximum Gasteiger partial charge on any atom is 0.155 e. The quantitative estimate of drug-likeness (QED) is 0.759. The third-order valence-corrected chi connectivity index (χ3v) is 4.68. The van der Waals surface area contributed by atoms with E-state index in [2.05, 4.69) is 6.07 Å². The van der Waals surface area contributed by atoms with E-state index in [4.69, 9.17) is 0 Å². The van der Waals surface area contributed by atoms with Gasteiger partial charge in [-0.2, -0.15) is 5.26 Å². The molecule has 1 unspecified atom stereocenters. The Morgan fingerprint density at radius 3 is 2.67 bits per heavy atom. The SMILES string of the molecule is N#CC(C(=O)CC1CCCCCC1)c1cccs1. The van der Waals surface area contributed by atoms with Gasteiger partial charge in [0.05, 0.1) is 6.07 Å². The fraction of sp³-hybridized carbons (Fsp3) is 0.600. The van der Waals surface area contributed by atoms with E-state index in [0.717, 1.165) is 17.7 Å². The second-order valence-corrected chi connectivity index (χ2v) is 6.08. The number of thiophene rings is 1. The van der Waals surface area contributed by atoms with Gasteiger partial charge in [-0.25, -0.2) is 0 Å². The minimum absolute atomic E-state index is 0.117. The minimum Gasteiger partial charge on any atom is -0.298 e. The molecule has 1 aromatic rings. The van der Waals surface area contributed by atoms with Crippen LogP contribution < -0.4 is 0 Å². The van der Waals surface area contributed by atoms with Crippen molar-refractivity contribution in [3.05, 3.63) is 22.4 Å². The molecule has 1 fully saturated rings. The van der Waals surface area contributed by atoms with Gasteiger partial charge in [0.15, 0.2) is 5.78 Å². The molecule has 0 aromatic carbocycles. The van der Waals surface area contributed by atoms with Gasteiger partial charge in [0.2, 0.25) is 0 Å². The van der Waals surface area contributed by atoms with E-state index in [1.54, 1.807) is 0 Å². The van der Waals surface area contributed by atoms with Crippen molar-refractivity contribution < 1.29 is 4.79 Å². The highest BCUT2D eigenvalue weighted by Crippen LogP contribution is 2.29. The van der Waals surface area contributed by atoms with Crippen molar-refractivity contribution in [2.24, 2.45) is 5.92 Å². The number of Topliss-reactive ketones (excluding diaryl/α,β-unsaturated/α-hetero) is 1. The fourth-order valence-corrected chi connectivity index (χ4v) is 3.51. The molecular formula is C15H19NOS. The Labute approximate surface area is 113 Å². The molecule has 96 valence electrons. The molecule has 3 heteroatoms. The van der Waals surface area contributed by atoms with Gasteiger partial charge in [0, 0.05) is 11.3 Å². The molecule has 0 N–H and O–H groups in total. The molecule has 0 bridgehead atoms. The van der Waals surface area contributed by atoms with Gasteiger partial charge in [-0.1, -0.05) is 44.6 Å². The summed E-state index contributed by atoms with van der Waals surface area (Å²) < 4.78 is 0. The molecule has 0 spiro atoms. The van der Waals surface area contributed by atoms with E-state index in [1.807, 2.05) is 17.5 Å².